The molecule has 0 spiro atoms. The van der Waals surface area contributed by atoms with Gasteiger partial charge in [-0.05, 0) is 117 Å². The van der Waals surface area contributed by atoms with E-state index in [0.717, 1.165) is 47.5 Å². The van der Waals surface area contributed by atoms with Crippen LogP contribution in [-0.4, -0.2) is 16.1 Å². The van der Waals surface area contributed by atoms with Crippen LogP contribution < -0.4 is 0 Å². The maximum Gasteiger partial charge on any atom is 0.156 e. The van der Waals surface area contributed by atoms with Crippen LogP contribution in [0.2, 0.25) is 0 Å². The molecular formula is C28H36O2S. The molecule has 1 unspecified atom stereocenters. The Bertz CT molecular complexity index is 901. The van der Waals surface area contributed by atoms with Crippen LogP contribution in [0.25, 0.3) is 0 Å². The second kappa shape index (κ2) is 8.56. The predicted molar refractivity (Wildman–Crippen MR) is 127 cm³/mol. The Balaban J connectivity index is 1.47. The highest BCUT2D eigenvalue weighted by molar-refractivity contribution is 7.91. The van der Waals surface area contributed by atoms with Gasteiger partial charge in [-0.15, -0.1) is 0 Å². The number of allylic oxidation sites excluding steroid dienone is 3. The number of benzene rings is 1. The van der Waals surface area contributed by atoms with Crippen LogP contribution in [0.3, 0.4) is 0 Å². The van der Waals surface area contributed by atoms with Gasteiger partial charge in [0.05, 0.1) is 0 Å². The smallest absolute Gasteiger partial charge is 0.156 e. The number of Topliss-reactive ketones (excluding diaryl/α,β-unsaturated/α-hetero) is 1. The van der Waals surface area contributed by atoms with Gasteiger partial charge in [0.15, 0.2) is 10.7 Å². The highest BCUT2D eigenvalue weighted by Crippen LogP contribution is 2.65. The monoisotopic (exact) mass is 436 g/mol. The average molecular weight is 437 g/mol. The maximum atomic E-state index is 13.2. The first-order valence-electron chi connectivity index (χ1n) is 12.4. The highest BCUT2D eigenvalue weighted by Gasteiger charge is 2.57. The number of fused-ring (bicyclic) bond motifs is 5. The minimum absolute atomic E-state index is 0.0269. The number of hydrogen-bond acceptors (Lipinski definition) is 2. The van der Waals surface area contributed by atoms with Crippen molar-refractivity contribution in [3.63, 3.8) is 0 Å². The van der Waals surface area contributed by atoms with Crippen LogP contribution in [-0.2, 0) is 16.0 Å². The van der Waals surface area contributed by atoms with Crippen molar-refractivity contribution in [1.29, 1.82) is 0 Å². The summed E-state index contributed by atoms with van der Waals surface area (Å²) < 4.78 is 13.2. The lowest BCUT2D eigenvalue weighted by atomic mass is 9.50. The summed E-state index contributed by atoms with van der Waals surface area (Å²) in [5.74, 6) is 3.66. The van der Waals surface area contributed by atoms with Crippen molar-refractivity contribution >= 4 is 17.0 Å². The number of ketones is 1. The van der Waals surface area contributed by atoms with E-state index in [-0.39, 0.29) is 11.2 Å². The van der Waals surface area contributed by atoms with E-state index in [2.05, 4.69) is 13.0 Å². The molecule has 4 aliphatic carbocycles. The summed E-state index contributed by atoms with van der Waals surface area (Å²) in [6.07, 6.45) is 13.6. The van der Waals surface area contributed by atoms with E-state index in [1.807, 2.05) is 30.3 Å². The lowest BCUT2D eigenvalue weighted by Gasteiger charge is -2.54. The number of carbonyl (C=O) groups is 1. The van der Waals surface area contributed by atoms with E-state index in [0.29, 0.717) is 11.7 Å². The van der Waals surface area contributed by atoms with Crippen molar-refractivity contribution in [3.8, 4) is 0 Å². The zero-order valence-electron chi connectivity index (χ0n) is 19.1. The Morgan fingerprint density at radius 2 is 1.97 bits per heavy atom. The van der Waals surface area contributed by atoms with E-state index in [1.165, 1.54) is 44.1 Å². The summed E-state index contributed by atoms with van der Waals surface area (Å²) in [6.45, 7) is 4.05. The number of carbonyl (C=O) groups excluding carboxylic acids is 1. The third-order valence-electron chi connectivity index (χ3n) is 9.20. The van der Waals surface area contributed by atoms with Gasteiger partial charge in [0.2, 0.25) is 0 Å². The minimum atomic E-state index is -1.08. The molecular weight excluding hydrogens is 400 g/mol. The Hall–Kier alpha value is -1.32. The van der Waals surface area contributed by atoms with Crippen molar-refractivity contribution in [2.45, 2.75) is 76.5 Å². The van der Waals surface area contributed by atoms with E-state index in [4.69, 9.17) is 0 Å². The largest absolute Gasteiger partial charge is 0.611 e. The van der Waals surface area contributed by atoms with Crippen molar-refractivity contribution in [3.05, 3.63) is 53.1 Å². The SMILES string of the molecule is CC[C@]12CC[C@H]3[C@@H](CCC4=CCCC[C@@H]43)[C@@H]1CC(C[S+]([O-])c1ccccc1)=C2C(C)=O. The molecule has 166 valence electrons. The molecule has 0 amide bonds. The minimum Gasteiger partial charge on any atom is -0.611 e. The molecule has 2 fully saturated rings. The third kappa shape index (κ3) is 3.56. The van der Waals surface area contributed by atoms with Crippen molar-refractivity contribution < 1.29 is 9.35 Å². The first-order chi connectivity index (χ1) is 15.0. The fourth-order valence-corrected chi connectivity index (χ4v) is 9.26. The van der Waals surface area contributed by atoms with Crippen LogP contribution in [0.15, 0.2) is 58.0 Å². The standard InChI is InChI=1S/C28H36O2S/c1-3-28-16-15-24-23-12-8-7-9-20(23)13-14-25(24)26(28)17-21(27(28)19(2)29)18-31(30)22-10-5-4-6-11-22/h4-6,9-11,23-26H,3,7-8,12-18H2,1-2H3/t23-,24+,25+,26-,28-,31?/m0/s1. The Morgan fingerprint density at radius 1 is 1.16 bits per heavy atom. The van der Waals surface area contributed by atoms with E-state index < -0.39 is 11.2 Å². The van der Waals surface area contributed by atoms with Crippen LogP contribution in [0.1, 0.15) is 71.6 Å². The lowest BCUT2D eigenvalue weighted by molar-refractivity contribution is -0.116. The first kappa shape index (κ1) is 21.5. The molecule has 3 heteroatoms. The van der Waals surface area contributed by atoms with E-state index in [1.54, 1.807) is 12.5 Å². The topological polar surface area (TPSA) is 40.1 Å². The summed E-state index contributed by atoms with van der Waals surface area (Å²) in [5, 5.41) is 0. The molecule has 4 aliphatic rings. The molecule has 1 aromatic carbocycles. The van der Waals surface area contributed by atoms with Crippen LogP contribution in [0.5, 0.6) is 0 Å². The second-order valence-corrected chi connectivity index (χ2v) is 11.8. The molecule has 2 saturated carbocycles. The molecule has 6 atom stereocenters. The Kier molecular flexibility index (Phi) is 5.94. The quantitative estimate of drug-likeness (QED) is 0.383. The molecule has 1 aromatic rings. The molecule has 0 bridgehead atoms. The van der Waals surface area contributed by atoms with Crippen LogP contribution in [0, 0.1) is 29.1 Å². The molecule has 0 aliphatic heterocycles. The normalized spacial score (nSPS) is 35.6. The van der Waals surface area contributed by atoms with Crippen molar-refractivity contribution in [2.24, 2.45) is 29.1 Å². The zero-order valence-corrected chi connectivity index (χ0v) is 19.9. The summed E-state index contributed by atoms with van der Waals surface area (Å²) in [6, 6.07) is 9.79. The van der Waals surface area contributed by atoms with Crippen LogP contribution >= 0.6 is 0 Å². The molecule has 0 radical (unpaired) electrons. The zero-order chi connectivity index (χ0) is 21.6. The number of rotatable bonds is 5. The molecule has 2 nitrogen and oxygen atoms in total. The van der Waals surface area contributed by atoms with Gasteiger partial charge in [-0.25, -0.2) is 0 Å². The van der Waals surface area contributed by atoms with Gasteiger partial charge in [-0.1, -0.05) is 36.8 Å². The average Bonchev–Trinajstić information content (AvgIpc) is 3.14. The van der Waals surface area contributed by atoms with Gasteiger partial charge < -0.3 is 4.55 Å². The highest BCUT2D eigenvalue weighted by atomic mass is 32.2. The molecule has 0 saturated heterocycles. The Morgan fingerprint density at radius 3 is 2.71 bits per heavy atom. The fourth-order valence-electron chi connectivity index (χ4n) is 8.06. The summed E-state index contributed by atoms with van der Waals surface area (Å²) in [7, 11) is 0. The summed E-state index contributed by atoms with van der Waals surface area (Å²) in [4.78, 5) is 13.9. The van der Waals surface area contributed by atoms with Gasteiger partial charge in [0.1, 0.15) is 5.75 Å². The molecule has 0 heterocycles. The van der Waals surface area contributed by atoms with E-state index >= 15 is 0 Å². The maximum absolute atomic E-state index is 13.2. The molecule has 31 heavy (non-hydrogen) atoms. The first-order valence-corrected chi connectivity index (χ1v) is 13.7. The summed E-state index contributed by atoms with van der Waals surface area (Å²) >= 11 is -1.08. The van der Waals surface area contributed by atoms with E-state index in [9.17, 15) is 9.35 Å². The molecule has 5 rings (SSSR count). The summed E-state index contributed by atoms with van der Waals surface area (Å²) in [5.41, 5.74) is 4.07. The Labute approximate surface area is 190 Å². The van der Waals surface area contributed by atoms with Crippen LogP contribution in [0.4, 0.5) is 0 Å². The van der Waals surface area contributed by atoms with Gasteiger partial charge in [-0.3, -0.25) is 4.79 Å². The van der Waals surface area contributed by atoms with Gasteiger partial charge in [0.25, 0.3) is 0 Å². The second-order valence-electron chi connectivity index (χ2n) is 10.4. The van der Waals surface area contributed by atoms with Crippen molar-refractivity contribution in [2.75, 3.05) is 5.75 Å². The predicted octanol–water partition coefficient (Wildman–Crippen LogP) is 6.64. The lowest BCUT2D eigenvalue weighted by Crippen LogP contribution is -2.47. The van der Waals surface area contributed by atoms with Crippen molar-refractivity contribution in [1.82, 2.24) is 0 Å². The third-order valence-corrected chi connectivity index (χ3v) is 10.6. The van der Waals surface area contributed by atoms with Gasteiger partial charge >= 0.3 is 0 Å². The number of hydrogen-bond donors (Lipinski definition) is 0. The molecule has 0 N–H and O–H groups in total. The van der Waals surface area contributed by atoms with Gasteiger partial charge in [-0.2, -0.15) is 0 Å². The fraction of sp³-hybridized carbons (Fsp3) is 0.607. The van der Waals surface area contributed by atoms with Gasteiger partial charge in [0, 0.05) is 11.0 Å². The molecule has 0 aromatic heterocycles.